The molecule has 1 aromatic heterocycles. The summed E-state index contributed by atoms with van der Waals surface area (Å²) in [5, 5.41) is 0. The summed E-state index contributed by atoms with van der Waals surface area (Å²) in [5.74, 6) is -0.615. The largest absolute Gasteiger partial charge is 0.429 e. The van der Waals surface area contributed by atoms with Crippen LogP contribution in [0.15, 0.2) is 73.4 Å². The normalized spacial score (nSPS) is 11.2. The first kappa shape index (κ1) is 32.7. The van der Waals surface area contributed by atoms with Gasteiger partial charge in [0.2, 0.25) is 0 Å². The number of allylic oxidation sites excluding steroid dienone is 1. The lowest BCUT2D eigenvalue weighted by Crippen LogP contribution is -2.23. The van der Waals surface area contributed by atoms with Gasteiger partial charge in [0.05, 0.1) is 5.56 Å². The second kappa shape index (κ2) is 13.2. The van der Waals surface area contributed by atoms with Gasteiger partial charge in [-0.1, -0.05) is 29.9 Å². The SMILES string of the molecule is C=CCCc1ccc(C#Cc2ccc(C(F)(F)Oc3cc(F)c(C#Cc4cc(F)c(C(F)(F)F)c(F)c4)c(F)c3)c(F)c2)nc1. The molecule has 0 bridgehead atoms. The molecule has 0 amide bonds. The van der Waals surface area contributed by atoms with E-state index in [1.807, 2.05) is 11.8 Å². The van der Waals surface area contributed by atoms with Gasteiger partial charge in [0, 0.05) is 29.5 Å². The van der Waals surface area contributed by atoms with E-state index in [-0.39, 0.29) is 17.7 Å². The van der Waals surface area contributed by atoms with Crippen molar-refractivity contribution in [2.45, 2.75) is 25.1 Å². The van der Waals surface area contributed by atoms with Gasteiger partial charge in [0.25, 0.3) is 0 Å². The van der Waals surface area contributed by atoms with E-state index in [0.29, 0.717) is 30.0 Å². The molecule has 0 unspecified atom stereocenters. The third kappa shape index (κ3) is 8.03. The molecule has 0 radical (unpaired) electrons. The summed E-state index contributed by atoms with van der Waals surface area (Å²) < 4.78 is 143. The van der Waals surface area contributed by atoms with Crippen LogP contribution in [0.1, 0.15) is 45.5 Å². The minimum Gasteiger partial charge on any atom is -0.429 e. The standard InChI is InChI=1S/C33H17F10NO/c1-2-3-4-20-6-10-22(44-18-20)9-5-19-8-12-25(28(36)13-19)33(42,43)45-23-16-26(34)24(27(35)17-23)11-7-21-14-29(37)31(30(38)15-21)32(39,40)41/h2,6,8,10,12-18H,1,3-4H2. The highest BCUT2D eigenvalue weighted by Gasteiger charge is 2.39. The van der Waals surface area contributed by atoms with Gasteiger partial charge in [-0.05, 0) is 60.7 Å². The number of pyridine rings is 1. The van der Waals surface area contributed by atoms with Gasteiger partial charge in [-0.15, -0.1) is 6.58 Å². The van der Waals surface area contributed by atoms with E-state index in [2.05, 4.69) is 28.1 Å². The molecule has 45 heavy (non-hydrogen) atoms. The van der Waals surface area contributed by atoms with Crippen LogP contribution in [0.25, 0.3) is 0 Å². The Hall–Kier alpha value is -5.23. The minimum absolute atomic E-state index is 0.0254. The highest BCUT2D eigenvalue weighted by atomic mass is 19.4. The van der Waals surface area contributed by atoms with Crippen LogP contribution < -0.4 is 4.74 Å². The van der Waals surface area contributed by atoms with Crippen LogP contribution in [-0.4, -0.2) is 4.98 Å². The Kier molecular flexibility index (Phi) is 9.57. The fraction of sp³-hybridized carbons (Fsp3) is 0.121. The molecule has 0 atom stereocenters. The van der Waals surface area contributed by atoms with E-state index in [9.17, 15) is 43.9 Å². The number of halogens is 10. The first-order valence-corrected chi connectivity index (χ1v) is 12.7. The topological polar surface area (TPSA) is 22.1 Å². The molecule has 0 spiro atoms. The molecule has 0 saturated heterocycles. The summed E-state index contributed by atoms with van der Waals surface area (Å²) in [4.78, 5) is 4.16. The molecule has 0 fully saturated rings. The van der Waals surface area contributed by atoms with E-state index >= 15 is 0 Å². The summed E-state index contributed by atoms with van der Waals surface area (Å²) in [6, 6.07) is 6.91. The van der Waals surface area contributed by atoms with Crippen LogP contribution >= 0.6 is 0 Å². The molecule has 0 saturated carbocycles. The van der Waals surface area contributed by atoms with Crippen molar-refractivity contribution in [1.29, 1.82) is 0 Å². The minimum atomic E-state index is -5.34. The zero-order valence-corrected chi connectivity index (χ0v) is 22.6. The van der Waals surface area contributed by atoms with Crippen molar-refractivity contribution in [3.8, 4) is 29.4 Å². The number of aromatic nitrogens is 1. The number of rotatable bonds is 6. The Labute approximate surface area is 250 Å². The molecular weight excluding hydrogens is 616 g/mol. The maximum Gasteiger partial charge on any atom is 0.429 e. The zero-order valence-electron chi connectivity index (χ0n) is 22.6. The predicted molar refractivity (Wildman–Crippen MR) is 143 cm³/mol. The van der Waals surface area contributed by atoms with Gasteiger partial charge in [-0.3, -0.25) is 0 Å². The number of benzene rings is 3. The van der Waals surface area contributed by atoms with Crippen molar-refractivity contribution in [2.24, 2.45) is 0 Å². The predicted octanol–water partition coefficient (Wildman–Crippen LogP) is 8.84. The first-order valence-electron chi connectivity index (χ1n) is 12.7. The van der Waals surface area contributed by atoms with Crippen LogP contribution in [-0.2, 0) is 18.7 Å². The van der Waals surface area contributed by atoms with Crippen molar-refractivity contribution in [1.82, 2.24) is 4.98 Å². The Bertz CT molecular complexity index is 1830. The van der Waals surface area contributed by atoms with Crippen molar-refractivity contribution >= 4 is 0 Å². The average Bonchev–Trinajstić information content (AvgIpc) is 2.93. The van der Waals surface area contributed by atoms with E-state index in [1.165, 1.54) is 0 Å². The number of nitrogens with zero attached hydrogens (tertiary/aromatic N) is 1. The summed E-state index contributed by atoms with van der Waals surface area (Å²) in [6.07, 6.45) is -4.89. The lowest BCUT2D eigenvalue weighted by Gasteiger charge is -2.19. The second-order valence-corrected chi connectivity index (χ2v) is 9.27. The molecule has 4 aromatic rings. The van der Waals surface area contributed by atoms with E-state index in [0.717, 1.165) is 24.5 Å². The molecule has 1 heterocycles. The number of aryl methyl sites for hydroxylation is 1. The lowest BCUT2D eigenvalue weighted by atomic mass is 10.1. The smallest absolute Gasteiger partial charge is 0.429 e. The number of hydrogen-bond acceptors (Lipinski definition) is 2. The molecule has 4 rings (SSSR count). The van der Waals surface area contributed by atoms with Crippen LogP contribution in [0.2, 0.25) is 0 Å². The van der Waals surface area contributed by atoms with Gasteiger partial charge in [-0.25, -0.2) is 26.9 Å². The quantitative estimate of drug-likeness (QED) is 0.120. The van der Waals surface area contributed by atoms with E-state index in [1.54, 1.807) is 24.4 Å². The molecule has 2 nitrogen and oxygen atoms in total. The number of ether oxygens (including phenoxy) is 1. The van der Waals surface area contributed by atoms with Crippen molar-refractivity contribution in [3.63, 3.8) is 0 Å². The van der Waals surface area contributed by atoms with E-state index in [4.69, 9.17) is 0 Å². The van der Waals surface area contributed by atoms with Gasteiger partial charge in [0.1, 0.15) is 51.7 Å². The molecular formula is C33H17F10NO. The highest BCUT2D eigenvalue weighted by Crippen LogP contribution is 2.35. The van der Waals surface area contributed by atoms with Gasteiger partial charge in [0.15, 0.2) is 0 Å². The monoisotopic (exact) mass is 633 g/mol. The van der Waals surface area contributed by atoms with Crippen LogP contribution in [0.5, 0.6) is 5.75 Å². The molecule has 3 aromatic carbocycles. The maximum atomic E-state index is 14.8. The summed E-state index contributed by atoms with van der Waals surface area (Å²) >= 11 is 0. The fourth-order valence-corrected chi connectivity index (χ4v) is 3.86. The maximum absolute atomic E-state index is 14.8. The lowest BCUT2D eigenvalue weighted by molar-refractivity contribution is -0.187. The average molecular weight is 633 g/mol. The van der Waals surface area contributed by atoms with Gasteiger partial charge >= 0.3 is 12.3 Å². The molecule has 0 aliphatic heterocycles. The Morgan fingerprint density at radius 1 is 0.711 bits per heavy atom. The van der Waals surface area contributed by atoms with Gasteiger partial charge < -0.3 is 4.74 Å². The van der Waals surface area contributed by atoms with Crippen LogP contribution in [0.3, 0.4) is 0 Å². The molecule has 0 aliphatic rings. The second-order valence-electron chi connectivity index (χ2n) is 9.27. The zero-order chi connectivity index (χ0) is 32.9. The van der Waals surface area contributed by atoms with Crippen molar-refractivity contribution < 1.29 is 48.6 Å². The third-order valence-corrected chi connectivity index (χ3v) is 6.00. The van der Waals surface area contributed by atoms with Crippen LogP contribution in [0.4, 0.5) is 43.9 Å². The first-order chi connectivity index (χ1) is 21.2. The van der Waals surface area contributed by atoms with Crippen molar-refractivity contribution in [2.75, 3.05) is 0 Å². The molecule has 0 N–H and O–H groups in total. The highest BCUT2D eigenvalue weighted by molar-refractivity contribution is 5.48. The number of alkyl halides is 5. The Morgan fingerprint density at radius 3 is 1.89 bits per heavy atom. The van der Waals surface area contributed by atoms with Crippen molar-refractivity contribution in [3.05, 3.63) is 142 Å². The molecule has 230 valence electrons. The summed E-state index contributed by atoms with van der Waals surface area (Å²) in [5.41, 5.74) is -3.88. The van der Waals surface area contributed by atoms with E-state index < -0.39 is 69.4 Å². The third-order valence-electron chi connectivity index (χ3n) is 6.00. The van der Waals surface area contributed by atoms with Gasteiger partial charge in [-0.2, -0.15) is 22.0 Å². The van der Waals surface area contributed by atoms with Crippen LogP contribution in [0, 0.1) is 52.8 Å². The number of hydrogen-bond donors (Lipinski definition) is 0. The Balaban J connectivity index is 1.51. The Morgan fingerprint density at radius 2 is 1.33 bits per heavy atom. The molecule has 12 heteroatoms. The molecule has 0 aliphatic carbocycles. The fourth-order valence-electron chi connectivity index (χ4n) is 3.86. The summed E-state index contributed by atoms with van der Waals surface area (Å²) in [6.45, 7) is 3.64. The summed E-state index contributed by atoms with van der Waals surface area (Å²) in [7, 11) is 0.